The summed E-state index contributed by atoms with van der Waals surface area (Å²) in [6, 6.07) is 6.58. The highest BCUT2D eigenvalue weighted by atomic mass is 16.6. The van der Waals surface area contributed by atoms with Gasteiger partial charge in [-0.2, -0.15) is 5.10 Å². The molecule has 1 unspecified atom stereocenters. The molecule has 0 aliphatic heterocycles. The van der Waals surface area contributed by atoms with Crippen molar-refractivity contribution in [1.82, 2.24) is 0 Å². The van der Waals surface area contributed by atoms with Crippen LogP contribution in [0.4, 0.5) is 11.4 Å². The fourth-order valence-electron chi connectivity index (χ4n) is 2.35. The van der Waals surface area contributed by atoms with E-state index in [0.717, 1.165) is 25.0 Å². The van der Waals surface area contributed by atoms with Crippen LogP contribution in [0.2, 0.25) is 0 Å². The van der Waals surface area contributed by atoms with Crippen LogP contribution in [0.3, 0.4) is 0 Å². The quantitative estimate of drug-likeness (QED) is 0.653. The van der Waals surface area contributed by atoms with Gasteiger partial charge in [-0.05, 0) is 37.7 Å². The van der Waals surface area contributed by atoms with Gasteiger partial charge in [-0.25, -0.2) is 0 Å². The molecule has 1 aromatic rings. The van der Waals surface area contributed by atoms with Gasteiger partial charge in [-0.15, -0.1) is 0 Å². The normalized spacial score (nSPS) is 21.2. The molecule has 0 spiro atoms. The highest BCUT2D eigenvalue weighted by Crippen LogP contribution is 2.27. The summed E-state index contributed by atoms with van der Waals surface area (Å²) in [5, 5.41) is 15.2. The summed E-state index contributed by atoms with van der Waals surface area (Å²) >= 11 is 0. The molecule has 0 saturated heterocycles. The van der Waals surface area contributed by atoms with Crippen LogP contribution in [0.5, 0.6) is 0 Å². The van der Waals surface area contributed by atoms with Crippen LogP contribution in [-0.2, 0) is 0 Å². The Morgan fingerprint density at radius 1 is 1.50 bits per heavy atom. The monoisotopic (exact) mass is 247 g/mol. The third kappa shape index (κ3) is 2.67. The fourth-order valence-corrected chi connectivity index (χ4v) is 2.35. The largest absolute Gasteiger partial charge is 0.294 e. The van der Waals surface area contributed by atoms with Gasteiger partial charge in [0.05, 0.1) is 4.92 Å². The van der Waals surface area contributed by atoms with Crippen molar-refractivity contribution in [2.45, 2.75) is 32.6 Å². The lowest BCUT2D eigenvalue weighted by Gasteiger charge is -2.08. The molecule has 0 heterocycles. The Kier molecular flexibility index (Phi) is 3.92. The summed E-state index contributed by atoms with van der Waals surface area (Å²) in [5.74, 6) is 0.528. The molecule has 2 rings (SSSR count). The Morgan fingerprint density at radius 2 is 2.28 bits per heavy atom. The lowest BCUT2D eigenvalue weighted by molar-refractivity contribution is -0.384. The van der Waals surface area contributed by atoms with E-state index in [9.17, 15) is 10.1 Å². The highest BCUT2D eigenvalue weighted by Gasteiger charge is 2.21. The number of nitro benzene ring substituents is 1. The van der Waals surface area contributed by atoms with E-state index in [1.165, 1.54) is 12.5 Å². The zero-order chi connectivity index (χ0) is 13.0. The number of nitrogens with one attached hydrogen (secondary N) is 1. The van der Waals surface area contributed by atoms with Gasteiger partial charge in [-0.1, -0.05) is 19.1 Å². The second-order valence-corrected chi connectivity index (χ2v) is 4.49. The van der Waals surface area contributed by atoms with Gasteiger partial charge in [0.1, 0.15) is 5.69 Å². The molecule has 0 bridgehead atoms. The Morgan fingerprint density at radius 3 is 3.00 bits per heavy atom. The summed E-state index contributed by atoms with van der Waals surface area (Å²) in [6.07, 6.45) is 4.41. The molecule has 1 aliphatic rings. The summed E-state index contributed by atoms with van der Waals surface area (Å²) in [6.45, 7) is 2.15. The van der Waals surface area contributed by atoms with Crippen molar-refractivity contribution in [3.05, 3.63) is 34.4 Å². The third-order valence-corrected chi connectivity index (χ3v) is 3.37. The van der Waals surface area contributed by atoms with Gasteiger partial charge in [0.2, 0.25) is 0 Å². The van der Waals surface area contributed by atoms with E-state index >= 15 is 0 Å². The summed E-state index contributed by atoms with van der Waals surface area (Å²) in [7, 11) is 0. The number of nitrogens with zero attached hydrogens (tertiary/aromatic N) is 2. The van der Waals surface area contributed by atoms with Gasteiger partial charge in [0, 0.05) is 11.8 Å². The first-order valence-electron chi connectivity index (χ1n) is 6.28. The van der Waals surface area contributed by atoms with E-state index < -0.39 is 4.92 Å². The predicted octanol–water partition coefficient (Wildman–Crippen LogP) is 3.57. The minimum absolute atomic E-state index is 0.0629. The molecule has 18 heavy (non-hydrogen) atoms. The highest BCUT2D eigenvalue weighted by molar-refractivity contribution is 5.89. The zero-order valence-electron chi connectivity index (χ0n) is 10.4. The van der Waals surface area contributed by atoms with Crippen molar-refractivity contribution in [2.75, 3.05) is 5.43 Å². The van der Waals surface area contributed by atoms with Crippen molar-refractivity contribution < 1.29 is 4.92 Å². The standard InChI is InChI=1S/C13H17N3O2/c1-2-10-6-5-8-11(10)14-15-12-7-3-4-9-13(12)16(17)18/h3-4,7,9-10,15H,2,5-6,8H2,1H3. The van der Waals surface area contributed by atoms with E-state index in [-0.39, 0.29) is 5.69 Å². The van der Waals surface area contributed by atoms with Crippen LogP contribution in [0.15, 0.2) is 29.4 Å². The molecule has 1 saturated carbocycles. The maximum absolute atomic E-state index is 10.9. The lowest BCUT2D eigenvalue weighted by Crippen LogP contribution is -2.08. The van der Waals surface area contributed by atoms with Gasteiger partial charge in [0.25, 0.3) is 5.69 Å². The van der Waals surface area contributed by atoms with Gasteiger partial charge >= 0.3 is 0 Å². The van der Waals surface area contributed by atoms with Crippen LogP contribution in [0.1, 0.15) is 32.6 Å². The van der Waals surface area contributed by atoms with Crippen molar-refractivity contribution in [1.29, 1.82) is 0 Å². The second kappa shape index (κ2) is 5.62. The smallest absolute Gasteiger partial charge is 0.272 e. The van der Waals surface area contributed by atoms with Gasteiger partial charge < -0.3 is 0 Å². The summed E-state index contributed by atoms with van der Waals surface area (Å²) in [5.41, 5.74) is 4.50. The van der Waals surface area contributed by atoms with Crippen LogP contribution < -0.4 is 5.43 Å². The Balaban J connectivity index is 2.15. The third-order valence-electron chi connectivity index (χ3n) is 3.37. The first-order chi connectivity index (χ1) is 8.72. The lowest BCUT2D eigenvalue weighted by atomic mass is 10.0. The number of para-hydroxylation sites is 2. The maximum Gasteiger partial charge on any atom is 0.294 e. The molecule has 5 nitrogen and oxygen atoms in total. The molecular formula is C13H17N3O2. The minimum Gasteiger partial charge on any atom is -0.272 e. The molecule has 0 aromatic heterocycles. The topological polar surface area (TPSA) is 67.5 Å². The number of benzene rings is 1. The molecule has 1 fully saturated rings. The molecule has 0 amide bonds. The second-order valence-electron chi connectivity index (χ2n) is 4.49. The first-order valence-corrected chi connectivity index (χ1v) is 6.28. The molecular weight excluding hydrogens is 230 g/mol. The maximum atomic E-state index is 10.9. The van der Waals surface area contributed by atoms with E-state index in [1.807, 2.05) is 0 Å². The molecule has 96 valence electrons. The Labute approximate surface area is 106 Å². The molecule has 1 aliphatic carbocycles. The number of hydrogen-bond donors (Lipinski definition) is 1. The van der Waals surface area contributed by atoms with E-state index in [4.69, 9.17) is 0 Å². The summed E-state index contributed by atoms with van der Waals surface area (Å²) in [4.78, 5) is 10.5. The SMILES string of the molecule is CCC1CCCC1=NNc1ccccc1[N+](=O)[O-]. The molecule has 1 aromatic carbocycles. The average Bonchev–Trinajstić information content (AvgIpc) is 2.84. The number of rotatable bonds is 4. The van der Waals surface area contributed by atoms with Crippen LogP contribution in [-0.4, -0.2) is 10.6 Å². The van der Waals surface area contributed by atoms with Crippen LogP contribution in [0, 0.1) is 16.0 Å². The van der Waals surface area contributed by atoms with Crippen LogP contribution >= 0.6 is 0 Å². The first kappa shape index (κ1) is 12.5. The predicted molar refractivity (Wildman–Crippen MR) is 71.8 cm³/mol. The van der Waals surface area contributed by atoms with E-state index in [2.05, 4.69) is 17.5 Å². The Bertz CT molecular complexity index is 471. The average molecular weight is 247 g/mol. The van der Waals surface area contributed by atoms with Crippen molar-refractivity contribution in [3.63, 3.8) is 0 Å². The molecule has 1 N–H and O–H groups in total. The number of anilines is 1. The summed E-state index contributed by atoms with van der Waals surface area (Å²) < 4.78 is 0. The van der Waals surface area contributed by atoms with E-state index in [0.29, 0.717) is 11.6 Å². The Hall–Kier alpha value is -1.91. The van der Waals surface area contributed by atoms with Crippen molar-refractivity contribution >= 4 is 17.1 Å². The number of hydrogen-bond acceptors (Lipinski definition) is 4. The molecule has 5 heteroatoms. The number of nitro groups is 1. The zero-order valence-corrected chi connectivity index (χ0v) is 10.4. The van der Waals surface area contributed by atoms with E-state index in [1.54, 1.807) is 18.2 Å². The van der Waals surface area contributed by atoms with Gasteiger partial charge in [0.15, 0.2) is 0 Å². The number of hydrazone groups is 1. The molecule has 1 atom stereocenters. The van der Waals surface area contributed by atoms with Gasteiger partial charge in [-0.3, -0.25) is 15.5 Å². The fraction of sp³-hybridized carbons (Fsp3) is 0.462. The van der Waals surface area contributed by atoms with Crippen LogP contribution in [0.25, 0.3) is 0 Å². The van der Waals surface area contributed by atoms with Crippen molar-refractivity contribution in [3.8, 4) is 0 Å². The van der Waals surface area contributed by atoms with Crippen molar-refractivity contribution in [2.24, 2.45) is 11.0 Å². The minimum atomic E-state index is -0.394. The molecule has 0 radical (unpaired) electrons.